The summed E-state index contributed by atoms with van der Waals surface area (Å²) in [5.74, 6) is -0.0451. The van der Waals surface area contributed by atoms with Crippen LogP contribution in [0, 0.1) is 13.8 Å². The average Bonchev–Trinajstić information content (AvgIpc) is 2.98. The molecule has 1 N–H and O–H groups in total. The van der Waals surface area contributed by atoms with Crippen molar-refractivity contribution in [3.05, 3.63) is 95.2 Å². The highest BCUT2D eigenvalue weighted by atomic mass is 16.5. The molecule has 30 heavy (non-hydrogen) atoms. The molecule has 0 atom stereocenters. The Balaban J connectivity index is 1.84. The molecule has 0 aromatic heterocycles. The zero-order valence-corrected chi connectivity index (χ0v) is 17.1. The Labute approximate surface area is 175 Å². The van der Waals surface area contributed by atoms with Crippen LogP contribution in [0.25, 0.3) is 5.57 Å². The lowest BCUT2D eigenvalue weighted by Crippen LogP contribution is -2.33. The summed E-state index contributed by atoms with van der Waals surface area (Å²) in [4.78, 5) is 28.1. The molecule has 4 rings (SSSR count). The molecule has 5 heteroatoms. The molecule has 0 bridgehead atoms. The number of methoxy groups -OCH3 is 1. The van der Waals surface area contributed by atoms with Crippen molar-refractivity contribution < 1.29 is 14.3 Å². The molecule has 1 aliphatic rings. The van der Waals surface area contributed by atoms with Crippen LogP contribution in [-0.4, -0.2) is 18.9 Å². The number of anilines is 2. The molecule has 5 nitrogen and oxygen atoms in total. The number of amides is 2. The van der Waals surface area contributed by atoms with Gasteiger partial charge in [0.25, 0.3) is 11.8 Å². The molecule has 0 spiro atoms. The highest BCUT2D eigenvalue weighted by molar-refractivity contribution is 6.46. The Hall–Kier alpha value is -3.86. The Morgan fingerprint density at radius 1 is 0.833 bits per heavy atom. The van der Waals surface area contributed by atoms with Crippen LogP contribution in [-0.2, 0) is 9.59 Å². The molecule has 3 aromatic rings. The zero-order chi connectivity index (χ0) is 21.3. The maximum absolute atomic E-state index is 13.5. The fourth-order valence-corrected chi connectivity index (χ4v) is 3.57. The van der Waals surface area contributed by atoms with Crippen LogP contribution in [0.1, 0.15) is 16.7 Å². The van der Waals surface area contributed by atoms with Gasteiger partial charge in [-0.1, -0.05) is 42.5 Å². The third kappa shape index (κ3) is 3.46. The maximum atomic E-state index is 13.5. The average molecular weight is 398 g/mol. The highest BCUT2D eigenvalue weighted by Crippen LogP contribution is 2.35. The van der Waals surface area contributed by atoms with Crippen LogP contribution in [0.5, 0.6) is 5.75 Å². The van der Waals surface area contributed by atoms with Gasteiger partial charge in [-0.2, -0.15) is 0 Å². The quantitative estimate of drug-likeness (QED) is 0.633. The number of para-hydroxylation sites is 1. The first-order chi connectivity index (χ1) is 14.5. The lowest BCUT2D eigenvalue weighted by atomic mass is 10.0. The number of ether oxygens (including phenoxy) is 1. The molecule has 0 unspecified atom stereocenters. The van der Waals surface area contributed by atoms with E-state index in [-0.39, 0.29) is 17.5 Å². The number of imide groups is 1. The number of aryl methyl sites for hydroxylation is 2. The molecule has 1 heterocycles. The monoisotopic (exact) mass is 398 g/mol. The molecular formula is C25H22N2O3. The smallest absolute Gasteiger partial charge is 0.282 e. The Morgan fingerprint density at radius 3 is 2.23 bits per heavy atom. The summed E-state index contributed by atoms with van der Waals surface area (Å²) < 4.78 is 5.23. The topological polar surface area (TPSA) is 58.6 Å². The van der Waals surface area contributed by atoms with Gasteiger partial charge in [0.15, 0.2) is 0 Å². The van der Waals surface area contributed by atoms with Crippen LogP contribution in [0.4, 0.5) is 11.4 Å². The van der Waals surface area contributed by atoms with Gasteiger partial charge in [-0.15, -0.1) is 0 Å². The number of benzene rings is 3. The summed E-state index contributed by atoms with van der Waals surface area (Å²) >= 11 is 0. The Bertz CT molecular complexity index is 1160. The number of rotatable bonds is 5. The van der Waals surface area contributed by atoms with Crippen LogP contribution in [0.2, 0.25) is 0 Å². The van der Waals surface area contributed by atoms with Crippen LogP contribution >= 0.6 is 0 Å². The van der Waals surface area contributed by atoms with Crippen molar-refractivity contribution in [2.75, 3.05) is 17.3 Å². The minimum absolute atomic E-state index is 0.263. The van der Waals surface area contributed by atoms with Gasteiger partial charge in [0.1, 0.15) is 11.4 Å². The summed E-state index contributed by atoms with van der Waals surface area (Å²) in [6.07, 6.45) is 0. The van der Waals surface area contributed by atoms with Crippen LogP contribution < -0.4 is 15.0 Å². The number of carbonyl (C=O) groups is 2. The Morgan fingerprint density at radius 2 is 1.57 bits per heavy atom. The first-order valence-electron chi connectivity index (χ1n) is 9.66. The van der Waals surface area contributed by atoms with Gasteiger partial charge in [-0.25, -0.2) is 4.90 Å². The van der Waals surface area contributed by atoms with Crippen molar-refractivity contribution >= 4 is 28.8 Å². The predicted molar refractivity (Wildman–Crippen MR) is 118 cm³/mol. The fourth-order valence-electron chi connectivity index (χ4n) is 3.57. The summed E-state index contributed by atoms with van der Waals surface area (Å²) in [6, 6.07) is 22.2. The van der Waals surface area contributed by atoms with E-state index in [1.54, 1.807) is 37.4 Å². The van der Waals surface area contributed by atoms with Gasteiger partial charge in [-0.3, -0.25) is 9.59 Å². The van der Waals surface area contributed by atoms with Crippen molar-refractivity contribution in [3.63, 3.8) is 0 Å². The molecule has 150 valence electrons. The van der Waals surface area contributed by atoms with Gasteiger partial charge < -0.3 is 10.1 Å². The van der Waals surface area contributed by atoms with E-state index >= 15 is 0 Å². The van der Waals surface area contributed by atoms with Crippen molar-refractivity contribution in [2.24, 2.45) is 0 Å². The highest BCUT2D eigenvalue weighted by Gasteiger charge is 2.40. The predicted octanol–water partition coefficient (Wildman–Crippen LogP) is 4.71. The summed E-state index contributed by atoms with van der Waals surface area (Å²) in [7, 11) is 1.59. The molecule has 2 amide bonds. The van der Waals surface area contributed by atoms with E-state index < -0.39 is 0 Å². The van der Waals surface area contributed by atoms with E-state index in [4.69, 9.17) is 4.74 Å². The van der Waals surface area contributed by atoms with Crippen LogP contribution in [0.3, 0.4) is 0 Å². The summed E-state index contributed by atoms with van der Waals surface area (Å²) in [6.45, 7) is 3.86. The third-order valence-electron chi connectivity index (χ3n) is 5.11. The number of nitrogens with zero attached hydrogens (tertiary/aromatic N) is 1. The van der Waals surface area contributed by atoms with Gasteiger partial charge in [0.05, 0.1) is 18.4 Å². The van der Waals surface area contributed by atoms with Crippen molar-refractivity contribution in [1.82, 2.24) is 0 Å². The van der Waals surface area contributed by atoms with Gasteiger partial charge in [0.2, 0.25) is 0 Å². The molecule has 0 saturated heterocycles. The maximum Gasteiger partial charge on any atom is 0.282 e. The molecule has 0 saturated carbocycles. The Kier molecular flexibility index (Phi) is 5.11. The van der Waals surface area contributed by atoms with Crippen molar-refractivity contribution in [3.8, 4) is 5.75 Å². The largest absolute Gasteiger partial charge is 0.497 e. The molecule has 0 aliphatic carbocycles. The van der Waals surface area contributed by atoms with E-state index in [9.17, 15) is 9.59 Å². The minimum Gasteiger partial charge on any atom is -0.497 e. The molecule has 3 aromatic carbocycles. The lowest BCUT2D eigenvalue weighted by molar-refractivity contribution is -0.120. The van der Waals surface area contributed by atoms with E-state index in [1.165, 1.54) is 4.90 Å². The number of carbonyl (C=O) groups excluding carboxylic acids is 2. The third-order valence-corrected chi connectivity index (χ3v) is 5.11. The van der Waals surface area contributed by atoms with Gasteiger partial charge in [0, 0.05) is 5.69 Å². The second-order valence-electron chi connectivity index (χ2n) is 7.21. The first-order valence-corrected chi connectivity index (χ1v) is 9.66. The van der Waals surface area contributed by atoms with Gasteiger partial charge >= 0.3 is 0 Å². The molecule has 0 fully saturated rings. The fraction of sp³-hybridized carbons (Fsp3) is 0.120. The second kappa shape index (κ2) is 7.87. The number of nitrogens with one attached hydrogen (secondary N) is 1. The van der Waals surface area contributed by atoms with Gasteiger partial charge in [-0.05, 0) is 60.9 Å². The lowest BCUT2D eigenvalue weighted by Gasteiger charge is -2.17. The number of hydrogen-bond acceptors (Lipinski definition) is 4. The summed E-state index contributed by atoms with van der Waals surface area (Å²) in [5.41, 5.74) is 4.50. The zero-order valence-electron chi connectivity index (χ0n) is 17.1. The molecular weight excluding hydrogens is 376 g/mol. The molecule has 0 radical (unpaired) electrons. The standard InChI is InChI=1S/C25H22N2O3/c1-16-7-6-9-19(15-16)26-23-22(18-11-13-20(30-3)14-12-18)24(28)27(25(23)29)21-10-5-4-8-17(21)2/h4-15,26H,1-3H3. The molecule has 1 aliphatic heterocycles. The summed E-state index contributed by atoms with van der Waals surface area (Å²) in [5, 5.41) is 3.19. The van der Waals surface area contributed by atoms with Crippen LogP contribution in [0.15, 0.2) is 78.5 Å². The first kappa shape index (κ1) is 19.5. The van der Waals surface area contributed by atoms with E-state index in [0.717, 1.165) is 16.8 Å². The SMILES string of the molecule is COc1ccc(C2=C(Nc3cccc(C)c3)C(=O)N(c3ccccc3C)C2=O)cc1. The van der Waals surface area contributed by atoms with E-state index in [0.29, 0.717) is 22.6 Å². The van der Waals surface area contributed by atoms with Crippen molar-refractivity contribution in [1.29, 1.82) is 0 Å². The van der Waals surface area contributed by atoms with Crippen molar-refractivity contribution in [2.45, 2.75) is 13.8 Å². The van der Waals surface area contributed by atoms with E-state index in [1.807, 2.05) is 56.3 Å². The minimum atomic E-state index is -0.373. The normalized spacial score (nSPS) is 13.8. The number of hydrogen-bond donors (Lipinski definition) is 1. The second-order valence-corrected chi connectivity index (χ2v) is 7.21. The van der Waals surface area contributed by atoms with E-state index in [2.05, 4.69) is 5.32 Å².